The van der Waals surface area contributed by atoms with Crippen molar-refractivity contribution < 1.29 is 9.18 Å². The molecule has 1 aliphatic rings. The summed E-state index contributed by atoms with van der Waals surface area (Å²) >= 11 is 0. The highest BCUT2D eigenvalue weighted by Gasteiger charge is 2.25. The molecule has 0 aliphatic carbocycles. The van der Waals surface area contributed by atoms with Gasteiger partial charge in [-0.05, 0) is 43.4 Å². The quantitative estimate of drug-likeness (QED) is 0.771. The molecule has 3 heterocycles. The van der Waals surface area contributed by atoms with Crippen LogP contribution in [0.2, 0.25) is 0 Å². The molecule has 4 rings (SSSR count). The van der Waals surface area contributed by atoms with Crippen LogP contribution in [-0.4, -0.2) is 43.8 Å². The van der Waals surface area contributed by atoms with E-state index in [0.717, 1.165) is 25.0 Å². The summed E-state index contributed by atoms with van der Waals surface area (Å²) in [7, 11) is 0. The van der Waals surface area contributed by atoms with Gasteiger partial charge in [-0.15, -0.1) is 0 Å². The molecule has 6 nitrogen and oxygen atoms in total. The van der Waals surface area contributed by atoms with Crippen LogP contribution in [-0.2, 0) is 6.42 Å². The number of nitrogens with zero attached hydrogens (tertiary/aromatic N) is 4. The number of benzene rings is 1. The number of hydrogen-bond donors (Lipinski definition) is 1. The number of carbonyl (C=O) groups excluding carboxylic acids is 1. The Kier molecular flexibility index (Phi) is 4.91. The first-order chi connectivity index (χ1) is 13.2. The van der Waals surface area contributed by atoms with Gasteiger partial charge in [-0.1, -0.05) is 6.07 Å². The van der Waals surface area contributed by atoms with E-state index >= 15 is 0 Å². The Hall–Kier alpha value is -3.09. The zero-order chi connectivity index (χ0) is 18.6. The van der Waals surface area contributed by atoms with Crippen LogP contribution < -0.4 is 0 Å². The molecule has 1 aliphatic heterocycles. The zero-order valence-corrected chi connectivity index (χ0v) is 14.8. The van der Waals surface area contributed by atoms with Crippen molar-refractivity contribution in [2.24, 2.45) is 5.92 Å². The second kappa shape index (κ2) is 7.65. The van der Waals surface area contributed by atoms with Gasteiger partial charge in [0, 0.05) is 37.2 Å². The molecule has 27 heavy (non-hydrogen) atoms. The smallest absolute Gasteiger partial charge is 0.253 e. The standard InChI is InChI=1S/C20H20FN5O/c21-16-5-1-4-15(10-16)20(27)26-8-2-3-14(13-26)9-17-11-25-18(12-24-17)19-22-6-7-23-19/h1,4-7,10-12,14H,2-3,8-9,13H2,(H,22,23)/t14-/m1/s1. The zero-order valence-electron chi connectivity index (χ0n) is 14.8. The molecule has 1 aromatic carbocycles. The molecular formula is C20H20FN5O. The molecule has 1 amide bonds. The Labute approximate surface area is 156 Å². The molecule has 1 atom stereocenters. The van der Waals surface area contributed by atoms with Gasteiger partial charge in [0.05, 0.1) is 11.9 Å². The summed E-state index contributed by atoms with van der Waals surface area (Å²) in [5.41, 5.74) is 2.00. The second-order valence-electron chi connectivity index (χ2n) is 6.80. The van der Waals surface area contributed by atoms with Crippen molar-refractivity contribution in [1.82, 2.24) is 24.8 Å². The Bertz CT molecular complexity index is 910. The lowest BCUT2D eigenvalue weighted by atomic mass is 9.93. The molecule has 1 saturated heterocycles. The van der Waals surface area contributed by atoms with Crippen LogP contribution in [0.1, 0.15) is 28.9 Å². The van der Waals surface area contributed by atoms with Crippen LogP contribution in [0.5, 0.6) is 0 Å². The molecule has 1 fully saturated rings. The summed E-state index contributed by atoms with van der Waals surface area (Å²) in [6, 6.07) is 5.87. The first-order valence-electron chi connectivity index (χ1n) is 9.04. The summed E-state index contributed by atoms with van der Waals surface area (Å²) in [6.07, 6.45) is 9.64. The third-order valence-corrected chi connectivity index (χ3v) is 4.82. The van der Waals surface area contributed by atoms with E-state index in [4.69, 9.17) is 0 Å². The lowest BCUT2D eigenvalue weighted by Crippen LogP contribution is -2.40. The number of H-pyrrole nitrogens is 1. The predicted octanol–water partition coefficient (Wildman–Crippen LogP) is 3.10. The third kappa shape index (κ3) is 4.02. The van der Waals surface area contributed by atoms with Gasteiger partial charge in [0.25, 0.3) is 5.91 Å². The number of rotatable bonds is 4. The average molecular weight is 365 g/mol. The van der Waals surface area contributed by atoms with Crippen molar-refractivity contribution in [3.05, 3.63) is 66.1 Å². The average Bonchev–Trinajstić information content (AvgIpc) is 3.23. The number of piperidine rings is 1. The van der Waals surface area contributed by atoms with Gasteiger partial charge in [0.2, 0.25) is 0 Å². The molecule has 0 spiro atoms. The maximum absolute atomic E-state index is 13.4. The fourth-order valence-electron chi connectivity index (χ4n) is 3.50. The predicted molar refractivity (Wildman–Crippen MR) is 98.3 cm³/mol. The van der Waals surface area contributed by atoms with Crippen molar-refractivity contribution in [3.8, 4) is 11.5 Å². The molecule has 138 valence electrons. The Morgan fingerprint density at radius 2 is 2.19 bits per heavy atom. The fraction of sp³-hybridized carbons (Fsp3) is 0.300. The van der Waals surface area contributed by atoms with Gasteiger partial charge >= 0.3 is 0 Å². The number of aromatic nitrogens is 4. The van der Waals surface area contributed by atoms with E-state index < -0.39 is 0 Å². The Morgan fingerprint density at radius 3 is 2.93 bits per heavy atom. The normalized spacial score (nSPS) is 17.1. The highest BCUT2D eigenvalue weighted by molar-refractivity contribution is 5.94. The van der Waals surface area contributed by atoms with Crippen molar-refractivity contribution >= 4 is 5.91 Å². The van der Waals surface area contributed by atoms with E-state index in [1.807, 2.05) is 4.90 Å². The number of aromatic amines is 1. The van der Waals surface area contributed by atoms with Gasteiger partial charge in [-0.3, -0.25) is 9.78 Å². The highest BCUT2D eigenvalue weighted by Crippen LogP contribution is 2.22. The summed E-state index contributed by atoms with van der Waals surface area (Å²) < 4.78 is 13.4. The summed E-state index contributed by atoms with van der Waals surface area (Å²) in [5, 5.41) is 0. The summed E-state index contributed by atoms with van der Waals surface area (Å²) in [4.78, 5) is 30.5. The van der Waals surface area contributed by atoms with Gasteiger partial charge in [-0.25, -0.2) is 14.4 Å². The number of halogens is 1. The highest BCUT2D eigenvalue weighted by atomic mass is 19.1. The van der Waals surface area contributed by atoms with Crippen LogP contribution in [0.25, 0.3) is 11.5 Å². The second-order valence-corrected chi connectivity index (χ2v) is 6.80. The van der Waals surface area contributed by atoms with Gasteiger partial charge < -0.3 is 9.88 Å². The number of nitrogens with one attached hydrogen (secondary N) is 1. The molecule has 0 radical (unpaired) electrons. The molecule has 7 heteroatoms. The van der Waals surface area contributed by atoms with E-state index in [1.54, 1.807) is 36.9 Å². The maximum Gasteiger partial charge on any atom is 0.253 e. The van der Waals surface area contributed by atoms with Gasteiger partial charge in [-0.2, -0.15) is 0 Å². The first kappa shape index (κ1) is 17.3. The van der Waals surface area contributed by atoms with E-state index in [1.165, 1.54) is 12.1 Å². The monoisotopic (exact) mass is 365 g/mol. The van der Waals surface area contributed by atoms with Gasteiger partial charge in [0.15, 0.2) is 5.82 Å². The van der Waals surface area contributed by atoms with E-state index in [-0.39, 0.29) is 11.7 Å². The first-order valence-corrected chi connectivity index (χ1v) is 9.04. The van der Waals surface area contributed by atoms with Crippen molar-refractivity contribution in [3.63, 3.8) is 0 Å². The fourth-order valence-corrected chi connectivity index (χ4v) is 3.50. The minimum absolute atomic E-state index is 0.113. The minimum Gasteiger partial charge on any atom is -0.343 e. The number of amides is 1. The number of hydrogen-bond acceptors (Lipinski definition) is 4. The number of imidazole rings is 1. The Morgan fingerprint density at radius 1 is 1.26 bits per heavy atom. The van der Waals surface area contributed by atoms with Crippen LogP contribution in [0.3, 0.4) is 0 Å². The number of carbonyl (C=O) groups is 1. The van der Waals surface area contributed by atoms with Crippen molar-refractivity contribution in [2.75, 3.05) is 13.1 Å². The molecule has 0 bridgehead atoms. The molecule has 1 N–H and O–H groups in total. The molecule has 3 aromatic rings. The molecule has 2 aromatic heterocycles. The topological polar surface area (TPSA) is 74.8 Å². The minimum atomic E-state index is -0.388. The van der Waals surface area contributed by atoms with Crippen LogP contribution in [0.15, 0.2) is 49.1 Å². The van der Waals surface area contributed by atoms with Crippen LogP contribution in [0.4, 0.5) is 4.39 Å². The lowest BCUT2D eigenvalue weighted by Gasteiger charge is -2.32. The molecular weight excluding hydrogens is 345 g/mol. The molecule has 0 unspecified atom stereocenters. The maximum atomic E-state index is 13.4. The van der Waals surface area contributed by atoms with E-state index in [0.29, 0.717) is 36.1 Å². The van der Waals surface area contributed by atoms with Crippen molar-refractivity contribution in [1.29, 1.82) is 0 Å². The molecule has 0 saturated carbocycles. The van der Waals surface area contributed by atoms with Gasteiger partial charge in [0.1, 0.15) is 11.5 Å². The lowest BCUT2D eigenvalue weighted by molar-refractivity contribution is 0.0672. The SMILES string of the molecule is O=C(c1cccc(F)c1)N1CCC[C@H](Cc2cnc(-c3ncc[nH]3)cn2)C1. The largest absolute Gasteiger partial charge is 0.343 e. The third-order valence-electron chi connectivity index (χ3n) is 4.82. The summed E-state index contributed by atoms with van der Waals surface area (Å²) in [5.74, 6) is 0.512. The van der Waals surface area contributed by atoms with E-state index in [9.17, 15) is 9.18 Å². The van der Waals surface area contributed by atoms with Crippen LogP contribution >= 0.6 is 0 Å². The Balaban J connectivity index is 1.40. The number of likely N-dealkylation sites (tertiary alicyclic amines) is 1. The summed E-state index contributed by atoms with van der Waals surface area (Å²) in [6.45, 7) is 1.35. The van der Waals surface area contributed by atoms with E-state index in [2.05, 4.69) is 19.9 Å². The van der Waals surface area contributed by atoms with Crippen LogP contribution in [0, 0.1) is 11.7 Å². The van der Waals surface area contributed by atoms with Crippen molar-refractivity contribution in [2.45, 2.75) is 19.3 Å².